The van der Waals surface area contributed by atoms with E-state index in [2.05, 4.69) is 9.36 Å². The minimum atomic E-state index is -0.00407. The molecule has 4 heteroatoms. The number of hydrogen-bond acceptors (Lipinski definition) is 3. The lowest BCUT2D eigenvalue weighted by Crippen LogP contribution is -1.89. The summed E-state index contributed by atoms with van der Waals surface area (Å²) < 4.78 is 2.85. The summed E-state index contributed by atoms with van der Waals surface area (Å²) in [7, 11) is 0. The number of fused-ring (bicyclic) bond motifs is 1. The quantitative estimate of drug-likeness (QED) is 0.611. The highest BCUT2D eigenvalue weighted by molar-refractivity contribution is 7.04. The Bertz CT molecular complexity index is 403. The molecule has 2 aromatic heterocycles. The number of H-pyrrole nitrogens is 1. The van der Waals surface area contributed by atoms with Crippen LogP contribution in [0.3, 0.4) is 0 Å². The number of nitrogens with one attached hydrogen (secondary N) is 1. The Balaban J connectivity index is 3.07. The summed E-state index contributed by atoms with van der Waals surface area (Å²) in [5.41, 5.74) is 1.35. The Labute approximate surface area is 60.5 Å². The topological polar surface area (TPSA) is 45.8 Å². The zero-order chi connectivity index (χ0) is 6.97. The summed E-state index contributed by atoms with van der Waals surface area (Å²) in [5, 5.41) is 0. The van der Waals surface area contributed by atoms with Gasteiger partial charge in [0.2, 0.25) is 0 Å². The SMILES string of the molecule is O=c1s[nH]c2cccnc12. The van der Waals surface area contributed by atoms with Crippen molar-refractivity contribution in [3.8, 4) is 0 Å². The van der Waals surface area contributed by atoms with Crippen molar-refractivity contribution < 1.29 is 0 Å². The predicted molar refractivity (Wildman–Crippen MR) is 40.2 cm³/mol. The first-order valence-electron chi connectivity index (χ1n) is 2.80. The first-order valence-corrected chi connectivity index (χ1v) is 3.62. The van der Waals surface area contributed by atoms with E-state index >= 15 is 0 Å². The van der Waals surface area contributed by atoms with Crippen LogP contribution in [0.1, 0.15) is 0 Å². The van der Waals surface area contributed by atoms with Crippen molar-refractivity contribution in [3.05, 3.63) is 27.9 Å². The zero-order valence-corrected chi connectivity index (χ0v) is 5.81. The van der Waals surface area contributed by atoms with Crippen molar-refractivity contribution >= 4 is 22.6 Å². The molecule has 0 fully saturated rings. The lowest BCUT2D eigenvalue weighted by atomic mass is 10.4. The highest BCUT2D eigenvalue weighted by atomic mass is 32.1. The van der Waals surface area contributed by atoms with Crippen molar-refractivity contribution in [2.45, 2.75) is 0 Å². The average molecular weight is 152 g/mol. The van der Waals surface area contributed by atoms with E-state index in [0.717, 1.165) is 17.0 Å². The molecule has 0 spiro atoms. The number of aromatic nitrogens is 2. The third-order valence-corrected chi connectivity index (χ3v) is 1.96. The van der Waals surface area contributed by atoms with Gasteiger partial charge in [0.25, 0.3) is 4.74 Å². The van der Waals surface area contributed by atoms with Gasteiger partial charge in [-0.1, -0.05) is 0 Å². The van der Waals surface area contributed by atoms with Crippen LogP contribution in [-0.4, -0.2) is 9.36 Å². The summed E-state index contributed by atoms with van der Waals surface area (Å²) in [4.78, 5) is 14.8. The van der Waals surface area contributed by atoms with Crippen LogP contribution in [0.2, 0.25) is 0 Å². The summed E-state index contributed by atoms with van der Waals surface area (Å²) in [6.07, 6.45) is 1.62. The second-order valence-corrected chi connectivity index (χ2v) is 2.67. The first-order chi connectivity index (χ1) is 4.88. The summed E-state index contributed by atoms with van der Waals surface area (Å²) in [5.74, 6) is 0. The molecule has 2 heterocycles. The summed E-state index contributed by atoms with van der Waals surface area (Å²) >= 11 is 1.07. The molecule has 0 saturated heterocycles. The van der Waals surface area contributed by atoms with Gasteiger partial charge in [-0.25, -0.2) is 4.98 Å². The average Bonchev–Trinajstić information content (AvgIpc) is 2.34. The van der Waals surface area contributed by atoms with Crippen molar-refractivity contribution in [2.24, 2.45) is 0 Å². The third kappa shape index (κ3) is 0.657. The van der Waals surface area contributed by atoms with E-state index in [-0.39, 0.29) is 4.74 Å². The standard InChI is InChI=1S/C6H4N2OS/c9-6-5-4(8-10-6)2-1-3-7-5/h1-3,8H. The maximum atomic E-state index is 10.9. The van der Waals surface area contributed by atoms with Crippen LogP contribution >= 0.6 is 11.5 Å². The van der Waals surface area contributed by atoms with Gasteiger partial charge in [0.05, 0.1) is 5.52 Å². The third-order valence-electron chi connectivity index (χ3n) is 1.25. The molecule has 0 aromatic carbocycles. The molecule has 0 unspecified atom stereocenters. The molecule has 0 aliphatic carbocycles. The summed E-state index contributed by atoms with van der Waals surface area (Å²) in [6, 6.07) is 3.63. The van der Waals surface area contributed by atoms with Crippen LogP contribution in [0.15, 0.2) is 23.1 Å². The molecule has 2 rings (SSSR count). The smallest absolute Gasteiger partial charge is 0.275 e. The fourth-order valence-corrected chi connectivity index (χ4v) is 1.43. The summed E-state index contributed by atoms with van der Waals surface area (Å²) in [6.45, 7) is 0. The highest BCUT2D eigenvalue weighted by Gasteiger charge is 1.98. The molecular weight excluding hydrogens is 148 g/mol. The Kier molecular flexibility index (Phi) is 1.07. The number of hydrogen-bond donors (Lipinski definition) is 1. The number of rotatable bonds is 0. The molecule has 0 aliphatic rings. The van der Waals surface area contributed by atoms with Crippen LogP contribution in [0.4, 0.5) is 0 Å². The van der Waals surface area contributed by atoms with Gasteiger partial charge in [-0.05, 0) is 23.7 Å². The van der Waals surface area contributed by atoms with Gasteiger partial charge < -0.3 is 4.37 Å². The second-order valence-electron chi connectivity index (χ2n) is 1.89. The molecule has 0 radical (unpaired) electrons. The van der Waals surface area contributed by atoms with Crippen molar-refractivity contribution in [2.75, 3.05) is 0 Å². The van der Waals surface area contributed by atoms with Gasteiger partial charge in [0.15, 0.2) is 0 Å². The van der Waals surface area contributed by atoms with E-state index in [1.165, 1.54) is 0 Å². The molecule has 0 aliphatic heterocycles. The van der Waals surface area contributed by atoms with Gasteiger partial charge in [-0.15, -0.1) is 0 Å². The van der Waals surface area contributed by atoms with E-state index < -0.39 is 0 Å². The Morgan fingerprint density at radius 1 is 1.60 bits per heavy atom. The van der Waals surface area contributed by atoms with E-state index in [1.54, 1.807) is 12.3 Å². The highest BCUT2D eigenvalue weighted by Crippen LogP contribution is 2.03. The van der Waals surface area contributed by atoms with Gasteiger partial charge >= 0.3 is 0 Å². The Morgan fingerprint density at radius 2 is 2.50 bits per heavy atom. The first kappa shape index (κ1) is 5.61. The van der Waals surface area contributed by atoms with Crippen LogP contribution < -0.4 is 4.74 Å². The molecule has 0 bridgehead atoms. The molecule has 50 valence electrons. The Hall–Kier alpha value is -1.16. The zero-order valence-electron chi connectivity index (χ0n) is 5.00. The predicted octanol–water partition coefficient (Wildman–Crippen LogP) is 0.985. The van der Waals surface area contributed by atoms with Crippen molar-refractivity contribution in [1.29, 1.82) is 0 Å². The molecule has 0 atom stereocenters. The second kappa shape index (κ2) is 1.91. The number of aromatic amines is 1. The van der Waals surface area contributed by atoms with E-state index in [4.69, 9.17) is 0 Å². The molecule has 2 aromatic rings. The lowest BCUT2D eigenvalue weighted by Gasteiger charge is -1.80. The van der Waals surface area contributed by atoms with Crippen molar-refractivity contribution in [1.82, 2.24) is 9.36 Å². The molecular formula is C6H4N2OS. The van der Waals surface area contributed by atoms with Crippen LogP contribution in [0.5, 0.6) is 0 Å². The van der Waals surface area contributed by atoms with Gasteiger partial charge in [-0.3, -0.25) is 4.79 Å². The minimum Gasteiger partial charge on any atom is -0.306 e. The molecule has 10 heavy (non-hydrogen) atoms. The van der Waals surface area contributed by atoms with E-state index in [1.807, 2.05) is 6.07 Å². The number of nitrogens with zero attached hydrogens (tertiary/aromatic N) is 1. The van der Waals surface area contributed by atoms with Crippen LogP contribution in [0, 0.1) is 0 Å². The molecule has 0 saturated carbocycles. The fourth-order valence-electron chi connectivity index (χ4n) is 0.800. The fraction of sp³-hybridized carbons (Fsp3) is 0. The van der Waals surface area contributed by atoms with Crippen molar-refractivity contribution in [3.63, 3.8) is 0 Å². The minimum absolute atomic E-state index is 0.00407. The van der Waals surface area contributed by atoms with Gasteiger partial charge in [-0.2, -0.15) is 0 Å². The molecule has 0 amide bonds. The van der Waals surface area contributed by atoms with Crippen LogP contribution in [0.25, 0.3) is 11.0 Å². The van der Waals surface area contributed by atoms with E-state index in [9.17, 15) is 4.79 Å². The van der Waals surface area contributed by atoms with E-state index in [0.29, 0.717) is 5.52 Å². The monoisotopic (exact) mass is 152 g/mol. The molecule has 1 N–H and O–H groups in total. The largest absolute Gasteiger partial charge is 0.306 e. The van der Waals surface area contributed by atoms with Crippen LogP contribution in [-0.2, 0) is 0 Å². The maximum Gasteiger partial charge on any atom is 0.275 e. The van der Waals surface area contributed by atoms with Gasteiger partial charge in [0.1, 0.15) is 5.52 Å². The van der Waals surface area contributed by atoms with Gasteiger partial charge in [0, 0.05) is 6.20 Å². The normalized spacial score (nSPS) is 10.4. The maximum absolute atomic E-state index is 10.9. The lowest BCUT2D eigenvalue weighted by molar-refractivity contribution is 1.40. The number of pyridine rings is 1. The molecule has 3 nitrogen and oxygen atoms in total. The Morgan fingerprint density at radius 3 is 3.30 bits per heavy atom.